The molecule has 0 saturated carbocycles. The minimum Gasteiger partial charge on any atom is -0.492 e. The minimum absolute atomic E-state index is 0.147. The molecule has 0 spiro atoms. The Morgan fingerprint density at radius 3 is 2.59 bits per heavy atom. The standard InChI is InChI=1S/C23H20ClN5O2S/c1-2-31-20-9-4-3-7-18(20)26-21(30)15-32-23-28-27-22(19-8-5-6-14-25-19)29(23)17-12-10-16(24)11-13-17/h3-14H,2,15H2,1H3,(H,26,30). The highest BCUT2D eigenvalue weighted by Crippen LogP contribution is 2.28. The molecule has 4 rings (SSSR count). The summed E-state index contributed by atoms with van der Waals surface area (Å²) in [6, 6.07) is 20.3. The molecule has 32 heavy (non-hydrogen) atoms. The Kier molecular flexibility index (Phi) is 7.03. The van der Waals surface area contributed by atoms with Crippen molar-refractivity contribution in [1.82, 2.24) is 19.7 Å². The van der Waals surface area contributed by atoms with Gasteiger partial charge in [-0.1, -0.05) is 41.6 Å². The molecule has 9 heteroatoms. The van der Waals surface area contributed by atoms with Crippen molar-refractivity contribution in [2.24, 2.45) is 0 Å². The van der Waals surface area contributed by atoms with Gasteiger partial charge in [0.2, 0.25) is 5.91 Å². The molecule has 4 aromatic rings. The molecule has 1 amide bonds. The van der Waals surface area contributed by atoms with Crippen LogP contribution in [0.25, 0.3) is 17.2 Å². The summed E-state index contributed by atoms with van der Waals surface area (Å²) < 4.78 is 7.44. The predicted octanol–water partition coefficient (Wildman–Crippen LogP) is 5.11. The van der Waals surface area contributed by atoms with Crippen LogP contribution in [-0.4, -0.2) is 38.0 Å². The van der Waals surface area contributed by atoms with Crippen LogP contribution in [0.4, 0.5) is 5.69 Å². The van der Waals surface area contributed by atoms with E-state index in [0.717, 1.165) is 5.69 Å². The fourth-order valence-corrected chi connectivity index (χ4v) is 3.89. The van der Waals surface area contributed by atoms with Crippen LogP contribution in [0, 0.1) is 0 Å². The monoisotopic (exact) mass is 465 g/mol. The van der Waals surface area contributed by atoms with Crippen LogP contribution in [0.15, 0.2) is 78.1 Å². The normalized spacial score (nSPS) is 10.7. The number of halogens is 1. The van der Waals surface area contributed by atoms with Crippen molar-refractivity contribution >= 4 is 35.0 Å². The minimum atomic E-state index is -0.174. The van der Waals surface area contributed by atoms with Crippen LogP contribution in [-0.2, 0) is 4.79 Å². The quantitative estimate of drug-likeness (QED) is 0.364. The molecular weight excluding hydrogens is 446 g/mol. The van der Waals surface area contributed by atoms with Gasteiger partial charge in [0.1, 0.15) is 11.4 Å². The molecule has 0 radical (unpaired) electrons. The lowest BCUT2D eigenvalue weighted by molar-refractivity contribution is -0.113. The average molecular weight is 466 g/mol. The molecule has 0 unspecified atom stereocenters. The summed E-state index contributed by atoms with van der Waals surface area (Å²) in [5, 5.41) is 12.7. The number of ether oxygens (including phenoxy) is 1. The lowest BCUT2D eigenvalue weighted by atomic mass is 10.3. The van der Waals surface area contributed by atoms with Crippen LogP contribution in [0.2, 0.25) is 5.02 Å². The third-order valence-corrected chi connectivity index (χ3v) is 5.59. The Bertz CT molecular complexity index is 1200. The SMILES string of the molecule is CCOc1ccccc1NC(=O)CSc1nnc(-c2ccccn2)n1-c1ccc(Cl)cc1. The third kappa shape index (κ3) is 5.09. The Hall–Kier alpha value is -3.36. The summed E-state index contributed by atoms with van der Waals surface area (Å²) in [5.74, 6) is 1.19. The molecule has 1 N–H and O–H groups in total. The first-order chi connectivity index (χ1) is 15.7. The molecule has 0 fully saturated rings. The Labute approximate surface area is 194 Å². The number of amides is 1. The largest absolute Gasteiger partial charge is 0.492 e. The Morgan fingerprint density at radius 2 is 1.84 bits per heavy atom. The molecule has 162 valence electrons. The molecule has 0 aliphatic heterocycles. The van der Waals surface area contributed by atoms with Crippen LogP contribution in [0.1, 0.15) is 6.92 Å². The number of pyridine rings is 1. The average Bonchev–Trinajstić information content (AvgIpc) is 3.24. The topological polar surface area (TPSA) is 81.9 Å². The summed E-state index contributed by atoms with van der Waals surface area (Å²) in [7, 11) is 0. The highest BCUT2D eigenvalue weighted by atomic mass is 35.5. The van der Waals surface area contributed by atoms with Crippen LogP contribution >= 0.6 is 23.4 Å². The van der Waals surface area contributed by atoms with Gasteiger partial charge in [-0.05, 0) is 55.5 Å². The molecule has 2 heterocycles. The lowest BCUT2D eigenvalue weighted by Gasteiger charge is -2.12. The summed E-state index contributed by atoms with van der Waals surface area (Å²) in [5.41, 5.74) is 2.13. The molecule has 0 atom stereocenters. The first kappa shape index (κ1) is 21.9. The molecule has 0 aliphatic carbocycles. The van der Waals surface area contributed by atoms with Gasteiger partial charge in [0, 0.05) is 16.9 Å². The second-order valence-electron chi connectivity index (χ2n) is 6.60. The number of anilines is 1. The molecular formula is C23H20ClN5O2S. The third-order valence-electron chi connectivity index (χ3n) is 4.41. The van der Waals surface area contributed by atoms with E-state index < -0.39 is 0 Å². The number of benzene rings is 2. The summed E-state index contributed by atoms with van der Waals surface area (Å²) in [6.45, 7) is 2.42. The van der Waals surface area contributed by atoms with Crippen LogP contribution in [0.3, 0.4) is 0 Å². The fourth-order valence-electron chi connectivity index (χ4n) is 3.01. The van der Waals surface area contributed by atoms with Crippen molar-refractivity contribution in [3.8, 4) is 23.0 Å². The maximum Gasteiger partial charge on any atom is 0.234 e. The van der Waals surface area contributed by atoms with Crippen molar-refractivity contribution in [2.75, 3.05) is 17.7 Å². The van der Waals surface area contributed by atoms with Gasteiger partial charge in [0.25, 0.3) is 0 Å². The smallest absolute Gasteiger partial charge is 0.234 e. The number of nitrogens with one attached hydrogen (secondary N) is 1. The van der Waals surface area contributed by atoms with E-state index in [1.807, 2.05) is 66.1 Å². The van der Waals surface area contributed by atoms with Gasteiger partial charge in [0.15, 0.2) is 11.0 Å². The van der Waals surface area contributed by atoms with E-state index >= 15 is 0 Å². The first-order valence-electron chi connectivity index (χ1n) is 9.93. The van der Waals surface area contributed by atoms with E-state index in [4.69, 9.17) is 16.3 Å². The van der Waals surface area contributed by atoms with Gasteiger partial charge < -0.3 is 10.1 Å². The number of carbonyl (C=O) groups excluding carboxylic acids is 1. The van der Waals surface area contributed by atoms with E-state index in [9.17, 15) is 4.79 Å². The zero-order valence-electron chi connectivity index (χ0n) is 17.2. The van der Waals surface area contributed by atoms with Crippen molar-refractivity contribution < 1.29 is 9.53 Å². The highest BCUT2D eigenvalue weighted by Gasteiger charge is 2.18. The number of thioether (sulfide) groups is 1. The molecule has 2 aromatic heterocycles. The Balaban J connectivity index is 1.57. The highest BCUT2D eigenvalue weighted by molar-refractivity contribution is 7.99. The van der Waals surface area contributed by atoms with Crippen molar-refractivity contribution in [2.45, 2.75) is 12.1 Å². The van der Waals surface area contributed by atoms with Crippen molar-refractivity contribution in [1.29, 1.82) is 0 Å². The van der Waals surface area contributed by atoms with Gasteiger partial charge in [0.05, 0.1) is 18.0 Å². The van der Waals surface area contributed by atoms with Crippen LogP contribution in [0.5, 0.6) is 5.75 Å². The van der Waals surface area contributed by atoms with Crippen molar-refractivity contribution in [3.05, 3.63) is 77.9 Å². The van der Waals surface area contributed by atoms with Crippen molar-refractivity contribution in [3.63, 3.8) is 0 Å². The van der Waals surface area contributed by atoms with Gasteiger partial charge in [-0.3, -0.25) is 14.3 Å². The van der Waals surface area contributed by atoms with E-state index in [0.29, 0.717) is 39.7 Å². The van der Waals surface area contributed by atoms with E-state index in [-0.39, 0.29) is 11.7 Å². The summed E-state index contributed by atoms with van der Waals surface area (Å²) in [6.07, 6.45) is 1.70. The van der Waals surface area contributed by atoms with Gasteiger partial charge in [-0.15, -0.1) is 10.2 Å². The summed E-state index contributed by atoms with van der Waals surface area (Å²) in [4.78, 5) is 17.0. The van der Waals surface area contributed by atoms with Gasteiger partial charge >= 0.3 is 0 Å². The predicted molar refractivity (Wildman–Crippen MR) is 127 cm³/mol. The van der Waals surface area contributed by atoms with E-state index in [2.05, 4.69) is 20.5 Å². The number of nitrogens with zero attached hydrogens (tertiary/aromatic N) is 4. The molecule has 0 saturated heterocycles. The number of aromatic nitrogens is 4. The maximum atomic E-state index is 12.6. The Morgan fingerprint density at radius 1 is 1.06 bits per heavy atom. The maximum absolute atomic E-state index is 12.6. The number of para-hydroxylation sites is 2. The van der Waals surface area contributed by atoms with E-state index in [1.165, 1.54) is 11.8 Å². The van der Waals surface area contributed by atoms with Gasteiger partial charge in [-0.25, -0.2) is 0 Å². The van der Waals surface area contributed by atoms with Gasteiger partial charge in [-0.2, -0.15) is 0 Å². The molecule has 7 nitrogen and oxygen atoms in total. The number of hydrogen-bond donors (Lipinski definition) is 1. The first-order valence-corrected chi connectivity index (χ1v) is 11.3. The molecule has 2 aromatic carbocycles. The number of carbonyl (C=O) groups is 1. The lowest BCUT2D eigenvalue weighted by Crippen LogP contribution is -2.15. The number of rotatable bonds is 8. The zero-order chi connectivity index (χ0) is 22.3. The second-order valence-corrected chi connectivity index (χ2v) is 7.98. The molecule has 0 aliphatic rings. The molecule has 0 bridgehead atoms. The van der Waals surface area contributed by atoms with Crippen LogP contribution < -0.4 is 10.1 Å². The second kappa shape index (κ2) is 10.3. The zero-order valence-corrected chi connectivity index (χ0v) is 18.8. The fraction of sp³-hybridized carbons (Fsp3) is 0.130. The number of hydrogen-bond acceptors (Lipinski definition) is 6. The van der Waals surface area contributed by atoms with E-state index in [1.54, 1.807) is 18.3 Å². The summed E-state index contributed by atoms with van der Waals surface area (Å²) >= 11 is 7.35.